The Morgan fingerprint density at radius 2 is 1.62 bits per heavy atom. The zero-order valence-electron chi connectivity index (χ0n) is 12.3. The van der Waals surface area contributed by atoms with Crippen molar-refractivity contribution in [2.75, 3.05) is 23.3 Å². The molecule has 0 spiro atoms. The first-order valence-corrected chi connectivity index (χ1v) is 7.95. The molecule has 2 aromatic rings. The second-order valence-electron chi connectivity index (χ2n) is 4.94. The Balaban J connectivity index is 2.13. The largest absolute Gasteiger partial charge is 0.480 e. The monoisotopic (exact) mass is 386 g/mol. The molecule has 2 N–H and O–H groups in total. The van der Waals surface area contributed by atoms with Crippen molar-refractivity contribution in [3.05, 3.63) is 57.5 Å². The van der Waals surface area contributed by atoms with Crippen molar-refractivity contribution < 1.29 is 14.7 Å². The van der Waals surface area contributed by atoms with E-state index in [0.29, 0.717) is 26.4 Å². The van der Waals surface area contributed by atoms with Gasteiger partial charge in [-0.25, -0.2) is 0 Å². The van der Waals surface area contributed by atoms with Crippen LogP contribution in [-0.4, -0.2) is 30.1 Å². The number of aliphatic carboxylic acids is 1. The van der Waals surface area contributed by atoms with Crippen LogP contribution in [0.25, 0.3) is 0 Å². The van der Waals surface area contributed by atoms with Crippen molar-refractivity contribution in [2.24, 2.45) is 0 Å². The Bertz CT molecular complexity index is 748. The summed E-state index contributed by atoms with van der Waals surface area (Å²) in [5, 5.41) is 12.9. The van der Waals surface area contributed by atoms with E-state index in [0.717, 1.165) is 0 Å². The molecular formula is C16H13Cl3N2O3. The van der Waals surface area contributed by atoms with Crippen molar-refractivity contribution in [1.82, 2.24) is 0 Å². The number of nitrogens with zero attached hydrogens (tertiary/aromatic N) is 1. The number of hydrogen-bond donors (Lipinski definition) is 2. The van der Waals surface area contributed by atoms with Gasteiger partial charge in [-0.3, -0.25) is 9.59 Å². The number of carboxylic acid groups (broad SMARTS) is 1. The Morgan fingerprint density at radius 3 is 2.21 bits per heavy atom. The highest BCUT2D eigenvalue weighted by Gasteiger charge is 2.15. The lowest BCUT2D eigenvalue weighted by Crippen LogP contribution is -2.37. The average Bonchev–Trinajstić information content (AvgIpc) is 2.44. The topological polar surface area (TPSA) is 69.6 Å². The van der Waals surface area contributed by atoms with Gasteiger partial charge in [0.1, 0.15) is 6.54 Å². The summed E-state index contributed by atoms with van der Waals surface area (Å²) in [6.07, 6.45) is 0. The van der Waals surface area contributed by atoms with E-state index in [2.05, 4.69) is 5.32 Å². The summed E-state index contributed by atoms with van der Waals surface area (Å²) >= 11 is 17.7. The molecule has 126 valence electrons. The van der Waals surface area contributed by atoms with Gasteiger partial charge in [0.15, 0.2) is 0 Å². The molecular weight excluding hydrogens is 375 g/mol. The molecule has 0 saturated carbocycles. The van der Waals surface area contributed by atoms with Crippen LogP contribution < -0.4 is 10.2 Å². The minimum absolute atomic E-state index is 0.170. The van der Waals surface area contributed by atoms with Gasteiger partial charge in [-0.15, -0.1) is 0 Å². The van der Waals surface area contributed by atoms with E-state index in [1.54, 1.807) is 42.5 Å². The van der Waals surface area contributed by atoms with E-state index >= 15 is 0 Å². The van der Waals surface area contributed by atoms with Gasteiger partial charge in [-0.2, -0.15) is 0 Å². The molecule has 0 saturated heterocycles. The molecule has 5 nitrogen and oxygen atoms in total. The summed E-state index contributed by atoms with van der Waals surface area (Å²) in [4.78, 5) is 24.7. The van der Waals surface area contributed by atoms with Gasteiger partial charge >= 0.3 is 5.97 Å². The number of amides is 1. The predicted octanol–water partition coefficient (Wildman–Crippen LogP) is 4.18. The number of hydrogen-bond acceptors (Lipinski definition) is 3. The van der Waals surface area contributed by atoms with E-state index in [9.17, 15) is 9.59 Å². The van der Waals surface area contributed by atoms with Gasteiger partial charge in [-0.05, 0) is 36.4 Å². The number of rotatable bonds is 6. The van der Waals surface area contributed by atoms with E-state index in [1.165, 1.54) is 4.90 Å². The number of carbonyl (C=O) groups excluding carboxylic acids is 1. The molecule has 0 heterocycles. The highest BCUT2D eigenvalue weighted by Crippen LogP contribution is 2.23. The van der Waals surface area contributed by atoms with E-state index < -0.39 is 11.9 Å². The molecule has 0 aromatic heterocycles. The molecule has 8 heteroatoms. The molecule has 0 atom stereocenters. The zero-order chi connectivity index (χ0) is 17.7. The van der Waals surface area contributed by atoms with Crippen LogP contribution in [0.15, 0.2) is 42.5 Å². The molecule has 0 aliphatic rings. The Labute approximate surface area is 153 Å². The maximum Gasteiger partial charge on any atom is 0.323 e. The Morgan fingerprint density at radius 1 is 0.958 bits per heavy atom. The summed E-state index contributed by atoms with van der Waals surface area (Å²) in [5.41, 5.74) is 0.961. The minimum atomic E-state index is -1.06. The van der Waals surface area contributed by atoms with Crippen molar-refractivity contribution in [1.29, 1.82) is 0 Å². The molecule has 0 bridgehead atoms. The average molecular weight is 388 g/mol. The summed E-state index contributed by atoms with van der Waals surface area (Å²) < 4.78 is 0. The smallest absolute Gasteiger partial charge is 0.323 e. The third-order valence-corrected chi connectivity index (χ3v) is 3.65. The first-order valence-electron chi connectivity index (χ1n) is 6.82. The van der Waals surface area contributed by atoms with Crippen molar-refractivity contribution >= 4 is 58.1 Å². The lowest BCUT2D eigenvalue weighted by Gasteiger charge is -2.22. The van der Waals surface area contributed by atoms with Gasteiger partial charge < -0.3 is 15.3 Å². The number of carbonyl (C=O) groups is 2. The standard InChI is InChI=1S/C16H13Cl3N2O3/c17-10-2-1-3-14(7-10)21(9-16(23)24)8-15(22)20-13-5-11(18)4-12(19)6-13/h1-7H,8-9H2,(H,20,22)(H,23,24). The van der Waals surface area contributed by atoms with Crippen LogP contribution in [-0.2, 0) is 9.59 Å². The van der Waals surface area contributed by atoms with Crippen molar-refractivity contribution in [3.8, 4) is 0 Å². The summed E-state index contributed by atoms with van der Waals surface area (Å²) in [6, 6.07) is 11.3. The molecule has 2 rings (SSSR count). The van der Waals surface area contributed by atoms with Crippen LogP contribution in [0.3, 0.4) is 0 Å². The third kappa shape index (κ3) is 5.60. The molecule has 0 fully saturated rings. The normalized spacial score (nSPS) is 10.3. The van der Waals surface area contributed by atoms with Gasteiger partial charge in [0.05, 0.1) is 6.54 Å². The van der Waals surface area contributed by atoms with Gasteiger partial charge in [0.2, 0.25) is 5.91 Å². The lowest BCUT2D eigenvalue weighted by atomic mass is 10.2. The van der Waals surface area contributed by atoms with Gasteiger partial charge in [0, 0.05) is 26.4 Å². The SMILES string of the molecule is O=C(O)CN(CC(=O)Nc1cc(Cl)cc(Cl)c1)c1cccc(Cl)c1. The quantitative estimate of drug-likeness (QED) is 0.780. The van der Waals surface area contributed by atoms with Crippen LogP contribution in [0.5, 0.6) is 0 Å². The van der Waals surface area contributed by atoms with Crippen LogP contribution >= 0.6 is 34.8 Å². The van der Waals surface area contributed by atoms with Gasteiger partial charge in [-0.1, -0.05) is 40.9 Å². The molecule has 24 heavy (non-hydrogen) atoms. The summed E-state index contributed by atoms with van der Waals surface area (Å²) in [5.74, 6) is -1.47. The fraction of sp³-hybridized carbons (Fsp3) is 0.125. The Kier molecular flexibility index (Phi) is 6.31. The summed E-state index contributed by atoms with van der Waals surface area (Å²) in [7, 11) is 0. The number of anilines is 2. The van der Waals surface area contributed by atoms with Gasteiger partial charge in [0.25, 0.3) is 0 Å². The lowest BCUT2D eigenvalue weighted by molar-refractivity contribution is -0.135. The molecule has 0 radical (unpaired) electrons. The van der Waals surface area contributed by atoms with Crippen LogP contribution in [0.2, 0.25) is 15.1 Å². The molecule has 1 amide bonds. The van der Waals surface area contributed by atoms with Crippen molar-refractivity contribution in [2.45, 2.75) is 0 Å². The number of halogens is 3. The number of nitrogens with one attached hydrogen (secondary N) is 1. The molecule has 0 aliphatic heterocycles. The van der Waals surface area contributed by atoms with E-state index in [4.69, 9.17) is 39.9 Å². The van der Waals surface area contributed by atoms with Crippen molar-refractivity contribution in [3.63, 3.8) is 0 Å². The van der Waals surface area contributed by atoms with Crippen LogP contribution in [0.4, 0.5) is 11.4 Å². The maximum absolute atomic E-state index is 12.2. The van der Waals surface area contributed by atoms with E-state index in [1.807, 2.05) is 0 Å². The first-order chi connectivity index (χ1) is 11.3. The highest BCUT2D eigenvalue weighted by atomic mass is 35.5. The van der Waals surface area contributed by atoms with Crippen LogP contribution in [0.1, 0.15) is 0 Å². The minimum Gasteiger partial charge on any atom is -0.480 e. The summed E-state index contributed by atoms with van der Waals surface area (Å²) in [6.45, 7) is -0.513. The zero-order valence-corrected chi connectivity index (χ0v) is 14.6. The predicted molar refractivity (Wildman–Crippen MR) is 96.4 cm³/mol. The second-order valence-corrected chi connectivity index (χ2v) is 6.25. The third-order valence-electron chi connectivity index (χ3n) is 2.98. The van der Waals surface area contributed by atoms with Crippen LogP contribution in [0, 0.1) is 0 Å². The second kappa shape index (κ2) is 8.24. The number of benzene rings is 2. The molecule has 0 aliphatic carbocycles. The number of carboxylic acids is 1. The first kappa shape index (κ1) is 18.4. The maximum atomic E-state index is 12.2. The molecule has 2 aromatic carbocycles. The highest BCUT2D eigenvalue weighted by molar-refractivity contribution is 6.35. The molecule has 0 unspecified atom stereocenters. The fourth-order valence-corrected chi connectivity index (χ4v) is 2.79. The Hall–Kier alpha value is -1.95. The van der Waals surface area contributed by atoms with E-state index in [-0.39, 0.29) is 13.1 Å². The fourth-order valence-electron chi connectivity index (χ4n) is 2.07.